The number of likely N-dealkylation sites (N-methyl/N-ethyl adjacent to an activating group) is 1. The summed E-state index contributed by atoms with van der Waals surface area (Å²) in [5.74, 6) is -0.364. The van der Waals surface area contributed by atoms with Gasteiger partial charge in [0.2, 0.25) is 5.65 Å². The van der Waals surface area contributed by atoms with Gasteiger partial charge in [-0.2, -0.15) is 0 Å². The lowest BCUT2D eigenvalue weighted by atomic mass is 10.1. The summed E-state index contributed by atoms with van der Waals surface area (Å²) in [4.78, 5) is 30.8. The van der Waals surface area contributed by atoms with Crippen molar-refractivity contribution in [2.45, 2.75) is 13.0 Å². The molecule has 0 bridgehead atoms. The molecule has 2 aromatic heterocycles. The average molecular weight is 375 g/mol. The van der Waals surface area contributed by atoms with Crippen LogP contribution in [-0.4, -0.2) is 49.6 Å². The molecular weight excluding hydrogens is 356 g/mol. The molecule has 0 unspecified atom stereocenters. The van der Waals surface area contributed by atoms with E-state index in [1.807, 2.05) is 18.2 Å². The molecule has 2 heterocycles. The normalized spacial score (nSPS) is 12.3. The van der Waals surface area contributed by atoms with Crippen molar-refractivity contribution in [3.63, 3.8) is 0 Å². The minimum atomic E-state index is -0.364. The van der Waals surface area contributed by atoms with Gasteiger partial charge in [-0.3, -0.25) is 14.0 Å². The molecule has 26 heavy (non-hydrogen) atoms. The van der Waals surface area contributed by atoms with Gasteiger partial charge < -0.3 is 14.6 Å². The Morgan fingerprint density at radius 3 is 2.69 bits per heavy atom. The van der Waals surface area contributed by atoms with Crippen molar-refractivity contribution >= 4 is 23.2 Å². The molecule has 1 amide bonds. The van der Waals surface area contributed by atoms with Crippen molar-refractivity contribution in [3.05, 3.63) is 57.7 Å². The number of aliphatic hydroxyl groups excluding tert-OH is 1. The molecule has 136 valence electrons. The summed E-state index contributed by atoms with van der Waals surface area (Å²) in [7, 11) is 3.22. The largest absolute Gasteiger partial charge is 0.394 e. The minimum Gasteiger partial charge on any atom is -0.394 e. The number of aliphatic hydroxyl groups is 1. The zero-order chi connectivity index (χ0) is 19.0. The molecule has 0 radical (unpaired) electrons. The van der Waals surface area contributed by atoms with Crippen LogP contribution < -0.4 is 5.56 Å². The molecule has 0 fully saturated rings. The van der Waals surface area contributed by atoms with Crippen LogP contribution in [0.25, 0.3) is 16.9 Å². The van der Waals surface area contributed by atoms with Crippen LogP contribution in [0.2, 0.25) is 5.02 Å². The van der Waals surface area contributed by atoms with E-state index in [0.29, 0.717) is 16.3 Å². The number of benzene rings is 1. The number of rotatable bonds is 4. The summed E-state index contributed by atoms with van der Waals surface area (Å²) in [5.41, 5.74) is 1.28. The number of hydrogen-bond acceptors (Lipinski definition) is 4. The van der Waals surface area contributed by atoms with Crippen molar-refractivity contribution in [1.82, 2.24) is 18.9 Å². The predicted molar refractivity (Wildman–Crippen MR) is 99.5 cm³/mol. The molecule has 0 spiro atoms. The number of amides is 1. The highest BCUT2D eigenvalue weighted by Gasteiger charge is 2.21. The van der Waals surface area contributed by atoms with Gasteiger partial charge in [-0.05, 0) is 13.0 Å². The lowest BCUT2D eigenvalue weighted by Gasteiger charge is -2.21. The number of halogens is 1. The van der Waals surface area contributed by atoms with Gasteiger partial charge in [0.25, 0.3) is 11.5 Å². The van der Waals surface area contributed by atoms with E-state index in [-0.39, 0.29) is 35.5 Å². The fourth-order valence-corrected chi connectivity index (χ4v) is 2.89. The highest BCUT2D eigenvalue weighted by Crippen LogP contribution is 2.26. The van der Waals surface area contributed by atoms with Crippen LogP contribution in [0.1, 0.15) is 17.4 Å². The summed E-state index contributed by atoms with van der Waals surface area (Å²) in [6.07, 6.45) is 3.23. The summed E-state index contributed by atoms with van der Waals surface area (Å²) in [5, 5.41) is 9.75. The van der Waals surface area contributed by atoms with Gasteiger partial charge >= 0.3 is 0 Å². The first-order chi connectivity index (χ1) is 12.3. The summed E-state index contributed by atoms with van der Waals surface area (Å²) < 4.78 is 2.99. The number of hydrogen-bond donors (Lipinski definition) is 1. The number of fused-ring (bicyclic) bond motifs is 1. The fourth-order valence-electron chi connectivity index (χ4n) is 2.65. The van der Waals surface area contributed by atoms with Gasteiger partial charge in [-0.25, -0.2) is 4.98 Å². The highest BCUT2D eigenvalue weighted by atomic mass is 35.5. The van der Waals surface area contributed by atoms with Gasteiger partial charge in [0.1, 0.15) is 5.69 Å². The lowest BCUT2D eigenvalue weighted by Crippen LogP contribution is -2.37. The summed E-state index contributed by atoms with van der Waals surface area (Å²) in [6.45, 7) is 1.57. The third-order valence-corrected chi connectivity index (χ3v) is 4.80. The third kappa shape index (κ3) is 3.00. The van der Waals surface area contributed by atoms with E-state index in [1.54, 1.807) is 33.3 Å². The Hall–Kier alpha value is -2.64. The predicted octanol–water partition coefficient (Wildman–Crippen LogP) is 1.81. The second-order valence-electron chi connectivity index (χ2n) is 6.16. The zero-order valence-electron chi connectivity index (χ0n) is 14.7. The van der Waals surface area contributed by atoms with Crippen molar-refractivity contribution in [1.29, 1.82) is 0 Å². The van der Waals surface area contributed by atoms with Crippen LogP contribution in [0.15, 0.2) is 41.5 Å². The van der Waals surface area contributed by atoms with Crippen LogP contribution in [0.4, 0.5) is 0 Å². The molecule has 1 aromatic carbocycles. The van der Waals surface area contributed by atoms with Crippen molar-refractivity contribution in [2.75, 3.05) is 13.7 Å². The Bertz CT molecular complexity index is 1040. The second-order valence-corrected chi connectivity index (χ2v) is 6.57. The van der Waals surface area contributed by atoms with E-state index in [9.17, 15) is 14.7 Å². The smallest absolute Gasteiger partial charge is 0.294 e. The highest BCUT2D eigenvalue weighted by molar-refractivity contribution is 6.33. The maximum atomic E-state index is 12.7. The van der Waals surface area contributed by atoms with Gasteiger partial charge in [0.15, 0.2) is 0 Å². The number of carbonyl (C=O) groups excluding carboxylic acids is 1. The van der Waals surface area contributed by atoms with Crippen molar-refractivity contribution < 1.29 is 9.90 Å². The summed E-state index contributed by atoms with van der Waals surface area (Å²) >= 11 is 6.26. The first-order valence-corrected chi connectivity index (χ1v) is 8.44. The molecule has 0 aliphatic rings. The van der Waals surface area contributed by atoms with Crippen molar-refractivity contribution in [2.24, 2.45) is 7.05 Å². The molecule has 0 aliphatic heterocycles. The maximum Gasteiger partial charge on any atom is 0.294 e. The van der Waals surface area contributed by atoms with Gasteiger partial charge in [0, 0.05) is 37.1 Å². The van der Waals surface area contributed by atoms with E-state index >= 15 is 0 Å². The monoisotopic (exact) mass is 374 g/mol. The van der Waals surface area contributed by atoms with Crippen LogP contribution in [0, 0.1) is 0 Å². The number of carbonyl (C=O) groups is 1. The molecule has 0 saturated heterocycles. The van der Waals surface area contributed by atoms with Crippen molar-refractivity contribution in [3.8, 4) is 11.3 Å². The molecule has 1 atom stereocenters. The van der Waals surface area contributed by atoms with E-state index in [4.69, 9.17) is 11.6 Å². The molecule has 0 saturated carbocycles. The molecule has 0 aliphatic carbocycles. The lowest BCUT2D eigenvalue weighted by molar-refractivity contribution is 0.0677. The Morgan fingerprint density at radius 1 is 1.35 bits per heavy atom. The van der Waals surface area contributed by atoms with E-state index in [0.717, 1.165) is 0 Å². The Morgan fingerprint density at radius 2 is 2.04 bits per heavy atom. The van der Waals surface area contributed by atoms with Gasteiger partial charge in [-0.15, -0.1) is 0 Å². The Balaban J connectivity index is 2.14. The molecule has 7 nitrogen and oxygen atoms in total. The van der Waals surface area contributed by atoms with Crippen LogP contribution >= 0.6 is 11.6 Å². The van der Waals surface area contributed by atoms with E-state index in [2.05, 4.69) is 4.98 Å². The number of aromatic nitrogens is 3. The maximum absolute atomic E-state index is 12.7. The van der Waals surface area contributed by atoms with E-state index < -0.39 is 0 Å². The Kier molecular flexibility index (Phi) is 4.84. The van der Waals surface area contributed by atoms with Crippen LogP contribution in [-0.2, 0) is 7.05 Å². The van der Waals surface area contributed by atoms with Crippen LogP contribution in [0.3, 0.4) is 0 Å². The Labute approximate surface area is 155 Å². The van der Waals surface area contributed by atoms with Crippen LogP contribution in [0.5, 0.6) is 0 Å². The first-order valence-electron chi connectivity index (χ1n) is 8.06. The topological polar surface area (TPSA) is 79.8 Å². The van der Waals surface area contributed by atoms with Gasteiger partial charge in [0.05, 0.1) is 18.3 Å². The van der Waals surface area contributed by atoms with E-state index in [1.165, 1.54) is 20.1 Å². The molecule has 1 N–H and O–H groups in total. The number of nitrogens with zero attached hydrogens (tertiary/aromatic N) is 4. The fraction of sp³-hybridized carbons (Fsp3) is 0.278. The summed E-state index contributed by atoms with van der Waals surface area (Å²) in [6, 6.07) is 6.87. The molecular formula is C18H19ClN4O3. The first kappa shape index (κ1) is 18.2. The number of imidazole rings is 1. The molecule has 3 rings (SSSR count). The standard InChI is InChI=1S/C18H19ClN4O3/c1-11(10-24)21(2)17(25)14-8-23-9-15(12-6-4-5-7-13(12)19)22(3)18(26)16(23)20-14/h4-9,11,24H,10H2,1-3H3/t11-/m1/s1. The third-order valence-electron chi connectivity index (χ3n) is 4.47. The quantitative estimate of drug-likeness (QED) is 0.755. The van der Waals surface area contributed by atoms with Gasteiger partial charge in [-0.1, -0.05) is 29.8 Å². The molecule has 3 aromatic rings. The average Bonchev–Trinajstić information content (AvgIpc) is 3.07. The molecule has 8 heteroatoms. The zero-order valence-corrected chi connectivity index (χ0v) is 15.4. The minimum absolute atomic E-state index is 0.140. The second kappa shape index (κ2) is 6.93. The SMILES string of the molecule is C[C@H](CO)N(C)C(=O)c1cn2cc(-c3ccccc3Cl)n(C)c(=O)c2n1.